The van der Waals surface area contributed by atoms with Crippen molar-refractivity contribution in [1.82, 2.24) is 4.90 Å². The highest BCUT2D eigenvalue weighted by molar-refractivity contribution is 8.93. The van der Waals surface area contributed by atoms with Gasteiger partial charge in [-0.3, -0.25) is 4.79 Å². The van der Waals surface area contributed by atoms with E-state index in [1.165, 1.54) is 69.1 Å². The second-order valence-electron chi connectivity index (χ2n) is 10.6. The molecule has 0 bridgehead atoms. The lowest BCUT2D eigenvalue weighted by atomic mass is 10.1. The standard InChI is InChI=1S/C33H47ClN2O2S.BrH/c1-3-4-5-6-7-8-9-10-11-12-13-16-22-38-33-28(19-17-20-30(33)34)23-32(37)35-31-21-15-14-18-29(31)25-36-24-27(2)39-26-36;/h14-15,17-21,24H,3-13,16,22-23,25-26H2,1-2H3,(H,35,37);1H. The average Bonchev–Trinajstić information content (AvgIpc) is 3.33. The van der Waals surface area contributed by atoms with Gasteiger partial charge in [-0.1, -0.05) is 119 Å². The minimum Gasteiger partial charge on any atom is -0.492 e. The highest BCUT2D eigenvalue weighted by atomic mass is 79.9. The summed E-state index contributed by atoms with van der Waals surface area (Å²) in [7, 11) is 0. The van der Waals surface area contributed by atoms with Crippen LogP contribution in [0.3, 0.4) is 0 Å². The third-order valence-corrected chi connectivity index (χ3v) is 8.45. The van der Waals surface area contributed by atoms with E-state index in [2.05, 4.69) is 36.3 Å². The SMILES string of the molecule is Br.CCCCCCCCCCCCCCOc1c(Cl)cccc1CC(=O)Nc1ccccc1CN1C=C(C)SC1. The number of halogens is 2. The predicted molar refractivity (Wildman–Crippen MR) is 179 cm³/mol. The van der Waals surface area contributed by atoms with E-state index in [-0.39, 0.29) is 29.3 Å². The van der Waals surface area contributed by atoms with E-state index in [9.17, 15) is 4.79 Å². The van der Waals surface area contributed by atoms with E-state index in [4.69, 9.17) is 16.3 Å². The first-order valence-corrected chi connectivity index (χ1v) is 16.3. The summed E-state index contributed by atoms with van der Waals surface area (Å²) in [5.41, 5.74) is 2.78. The lowest BCUT2D eigenvalue weighted by molar-refractivity contribution is -0.115. The summed E-state index contributed by atoms with van der Waals surface area (Å²) in [6.07, 6.45) is 18.1. The van der Waals surface area contributed by atoms with Gasteiger partial charge in [-0.05, 0) is 35.9 Å². The molecule has 2 aromatic carbocycles. The monoisotopic (exact) mass is 650 g/mol. The van der Waals surface area contributed by atoms with Crippen molar-refractivity contribution in [3.8, 4) is 5.75 Å². The number of nitrogens with zero attached hydrogens (tertiary/aromatic N) is 1. The van der Waals surface area contributed by atoms with Gasteiger partial charge in [-0.25, -0.2) is 0 Å². The number of hydrogen-bond donors (Lipinski definition) is 1. The summed E-state index contributed by atoms with van der Waals surface area (Å²) in [6, 6.07) is 13.7. The first kappa shape index (κ1) is 34.6. The van der Waals surface area contributed by atoms with Crippen LogP contribution in [0, 0.1) is 0 Å². The second kappa shape index (κ2) is 20.3. The van der Waals surface area contributed by atoms with E-state index in [1.54, 1.807) is 0 Å². The van der Waals surface area contributed by atoms with Crippen LogP contribution in [0.4, 0.5) is 5.69 Å². The Labute approximate surface area is 262 Å². The largest absolute Gasteiger partial charge is 0.492 e. The van der Waals surface area contributed by atoms with E-state index in [0.717, 1.165) is 42.1 Å². The topological polar surface area (TPSA) is 41.6 Å². The number of carbonyl (C=O) groups excluding carboxylic acids is 1. The van der Waals surface area contributed by atoms with Gasteiger partial charge in [0.15, 0.2) is 0 Å². The van der Waals surface area contributed by atoms with Gasteiger partial charge in [0.25, 0.3) is 0 Å². The Morgan fingerprint density at radius 1 is 0.900 bits per heavy atom. The van der Waals surface area contributed by atoms with Crippen LogP contribution in [0.15, 0.2) is 53.6 Å². The number of amides is 1. The number of ether oxygens (including phenoxy) is 1. The zero-order chi connectivity index (χ0) is 27.7. The van der Waals surface area contributed by atoms with Crippen molar-refractivity contribution < 1.29 is 9.53 Å². The highest BCUT2D eigenvalue weighted by Crippen LogP contribution is 2.31. The third-order valence-electron chi connectivity index (χ3n) is 7.13. The molecule has 2 aromatic rings. The summed E-state index contributed by atoms with van der Waals surface area (Å²) in [4.78, 5) is 16.6. The van der Waals surface area contributed by atoms with Crippen molar-refractivity contribution in [2.45, 2.75) is 104 Å². The maximum atomic E-state index is 13.0. The molecule has 1 aliphatic heterocycles. The Bertz CT molecular complexity index is 1050. The van der Waals surface area contributed by atoms with Gasteiger partial charge in [-0.15, -0.1) is 28.7 Å². The maximum absolute atomic E-state index is 13.0. The number of allylic oxidation sites excluding steroid dienone is 1. The number of para-hydroxylation sites is 2. The molecule has 7 heteroatoms. The molecule has 1 amide bonds. The number of hydrogen-bond acceptors (Lipinski definition) is 4. The molecule has 40 heavy (non-hydrogen) atoms. The Kier molecular flexibility index (Phi) is 17.5. The van der Waals surface area contributed by atoms with Gasteiger partial charge in [-0.2, -0.15) is 0 Å². The van der Waals surface area contributed by atoms with Gasteiger partial charge in [0.2, 0.25) is 5.91 Å². The number of thioether (sulfide) groups is 1. The second-order valence-corrected chi connectivity index (χ2v) is 12.2. The Hall–Kier alpha value is -1.63. The minimum atomic E-state index is -0.0672. The number of rotatable bonds is 19. The fourth-order valence-electron chi connectivity index (χ4n) is 4.95. The summed E-state index contributed by atoms with van der Waals surface area (Å²) >= 11 is 8.33. The molecule has 0 saturated heterocycles. The Balaban J connectivity index is 0.00000560. The van der Waals surface area contributed by atoms with E-state index in [0.29, 0.717) is 17.4 Å². The fourth-order valence-corrected chi connectivity index (χ4v) is 5.95. The molecule has 0 aromatic heterocycles. The highest BCUT2D eigenvalue weighted by Gasteiger charge is 2.16. The first-order chi connectivity index (χ1) is 19.1. The van der Waals surface area contributed by atoms with Crippen molar-refractivity contribution in [2.75, 3.05) is 17.8 Å². The molecular formula is C33H48BrClN2O2S. The molecule has 0 radical (unpaired) electrons. The van der Waals surface area contributed by atoms with Gasteiger partial charge in [0.05, 0.1) is 23.9 Å². The lowest BCUT2D eigenvalue weighted by Crippen LogP contribution is -2.19. The van der Waals surface area contributed by atoms with E-state index >= 15 is 0 Å². The summed E-state index contributed by atoms with van der Waals surface area (Å²) in [6.45, 7) is 5.79. The molecular weight excluding hydrogens is 604 g/mol. The van der Waals surface area contributed by atoms with Crippen LogP contribution in [-0.2, 0) is 17.8 Å². The molecule has 0 atom stereocenters. The number of nitrogens with one attached hydrogen (secondary N) is 1. The van der Waals surface area contributed by atoms with Crippen LogP contribution in [0.1, 0.15) is 102 Å². The minimum absolute atomic E-state index is 0. The molecule has 1 aliphatic rings. The fraction of sp³-hybridized carbons (Fsp3) is 0.545. The number of unbranched alkanes of at least 4 members (excludes halogenated alkanes) is 11. The summed E-state index contributed by atoms with van der Waals surface area (Å²) in [5.74, 6) is 1.51. The van der Waals surface area contributed by atoms with Crippen LogP contribution in [0.2, 0.25) is 5.02 Å². The smallest absolute Gasteiger partial charge is 0.228 e. The van der Waals surface area contributed by atoms with Crippen molar-refractivity contribution in [3.05, 3.63) is 69.7 Å². The van der Waals surface area contributed by atoms with Crippen LogP contribution in [0.5, 0.6) is 5.75 Å². The van der Waals surface area contributed by atoms with E-state index in [1.807, 2.05) is 48.2 Å². The molecule has 1 heterocycles. The van der Waals surface area contributed by atoms with Crippen molar-refractivity contribution in [3.63, 3.8) is 0 Å². The zero-order valence-electron chi connectivity index (χ0n) is 24.4. The predicted octanol–water partition coefficient (Wildman–Crippen LogP) is 10.5. The van der Waals surface area contributed by atoms with Crippen LogP contribution < -0.4 is 10.1 Å². The van der Waals surface area contributed by atoms with Gasteiger partial charge >= 0.3 is 0 Å². The lowest BCUT2D eigenvalue weighted by Gasteiger charge is -2.18. The molecule has 0 aliphatic carbocycles. The van der Waals surface area contributed by atoms with Gasteiger partial charge in [0.1, 0.15) is 5.75 Å². The molecule has 222 valence electrons. The zero-order valence-corrected chi connectivity index (χ0v) is 27.7. The number of benzene rings is 2. The Morgan fingerprint density at radius 3 is 2.17 bits per heavy atom. The third kappa shape index (κ3) is 12.9. The molecule has 0 unspecified atom stereocenters. The van der Waals surface area contributed by atoms with Gasteiger partial charge in [0, 0.05) is 24.0 Å². The normalized spacial score (nSPS) is 12.7. The van der Waals surface area contributed by atoms with Crippen molar-refractivity contribution in [2.24, 2.45) is 0 Å². The first-order valence-electron chi connectivity index (χ1n) is 14.9. The van der Waals surface area contributed by atoms with Crippen molar-refractivity contribution in [1.29, 1.82) is 0 Å². The maximum Gasteiger partial charge on any atom is 0.228 e. The van der Waals surface area contributed by atoms with Crippen molar-refractivity contribution >= 4 is 51.9 Å². The molecule has 1 N–H and O–H groups in total. The van der Waals surface area contributed by atoms with Crippen LogP contribution >= 0.6 is 40.3 Å². The quantitative estimate of drug-likeness (QED) is 0.154. The molecule has 0 spiro atoms. The summed E-state index contributed by atoms with van der Waals surface area (Å²) in [5, 5.41) is 3.68. The van der Waals surface area contributed by atoms with E-state index < -0.39 is 0 Å². The van der Waals surface area contributed by atoms with Gasteiger partial charge < -0.3 is 15.0 Å². The number of anilines is 1. The molecule has 0 saturated carbocycles. The Morgan fingerprint density at radius 2 is 1.52 bits per heavy atom. The van der Waals surface area contributed by atoms with Crippen LogP contribution in [0.25, 0.3) is 0 Å². The molecule has 4 nitrogen and oxygen atoms in total. The summed E-state index contributed by atoms with van der Waals surface area (Å²) < 4.78 is 6.11. The molecule has 3 rings (SSSR count). The average molecular weight is 652 g/mol. The van der Waals surface area contributed by atoms with Crippen LogP contribution in [-0.4, -0.2) is 23.3 Å². The molecule has 0 fully saturated rings. The number of carbonyl (C=O) groups is 1.